The van der Waals surface area contributed by atoms with E-state index in [-0.39, 0.29) is 5.57 Å². The molecule has 0 saturated heterocycles. The summed E-state index contributed by atoms with van der Waals surface area (Å²) < 4.78 is 0. The van der Waals surface area contributed by atoms with Crippen molar-refractivity contribution in [1.29, 1.82) is 0 Å². The van der Waals surface area contributed by atoms with Crippen molar-refractivity contribution >= 4 is 11.9 Å². The minimum atomic E-state index is -1.10. The van der Waals surface area contributed by atoms with Gasteiger partial charge in [-0.05, 0) is 13.8 Å². The van der Waals surface area contributed by atoms with Crippen LogP contribution in [0.3, 0.4) is 0 Å². The number of carboxylic acid groups (broad SMARTS) is 2. The van der Waals surface area contributed by atoms with E-state index in [2.05, 4.69) is 0 Å². The van der Waals surface area contributed by atoms with Crippen molar-refractivity contribution in [1.82, 2.24) is 0 Å². The summed E-state index contributed by atoms with van der Waals surface area (Å²) in [7, 11) is 0. The van der Waals surface area contributed by atoms with Gasteiger partial charge in [-0.3, -0.25) is 4.79 Å². The molecule has 0 aromatic carbocycles. The number of carbonyl (C=O) groups is 2. The van der Waals surface area contributed by atoms with Gasteiger partial charge in [-0.25, -0.2) is 4.79 Å². The van der Waals surface area contributed by atoms with Gasteiger partial charge >= 0.3 is 11.9 Å². The lowest BCUT2D eigenvalue weighted by Gasteiger charge is -2.01. The molecule has 1 unspecified atom stereocenters. The van der Waals surface area contributed by atoms with Crippen LogP contribution in [0, 0.1) is 5.92 Å². The third kappa shape index (κ3) is 4.10. The van der Waals surface area contributed by atoms with Gasteiger partial charge < -0.3 is 10.2 Å². The van der Waals surface area contributed by atoms with Crippen LogP contribution in [0.2, 0.25) is 0 Å². The number of aliphatic carboxylic acids is 2. The van der Waals surface area contributed by atoms with E-state index in [1.165, 1.54) is 19.1 Å². The van der Waals surface area contributed by atoms with Crippen LogP contribution in [-0.4, -0.2) is 22.2 Å². The molecule has 0 saturated carbocycles. The first-order chi connectivity index (χ1) is 5.99. The zero-order chi connectivity index (χ0) is 10.4. The molecule has 0 aliphatic heterocycles. The Bertz CT molecular complexity index is 263. The van der Waals surface area contributed by atoms with Crippen LogP contribution < -0.4 is 0 Å². The van der Waals surface area contributed by atoms with E-state index in [0.29, 0.717) is 0 Å². The maximum atomic E-state index is 10.6. The van der Waals surface area contributed by atoms with Crippen molar-refractivity contribution in [2.24, 2.45) is 5.92 Å². The Balaban J connectivity index is 4.69. The van der Waals surface area contributed by atoms with Gasteiger partial charge in [0.1, 0.15) is 0 Å². The third-order valence-corrected chi connectivity index (χ3v) is 1.45. The van der Waals surface area contributed by atoms with Crippen molar-refractivity contribution in [3.05, 3.63) is 23.8 Å². The van der Waals surface area contributed by atoms with Crippen LogP contribution >= 0.6 is 0 Å². The van der Waals surface area contributed by atoms with Crippen LogP contribution in [0.15, 0.2) is 23.8 Å². The highest BCUT2D eigenvalue weighted by atomic mass is 16.4. The molecule has 4 heteroatoms. The summed E-state index contributed by atoms with van der Waals surface area (Å²) in [5.41, 5.74) is 0.0329. The van der Waals surface area contributed by atoms with E-state index in [1.54, 1.807) is 13.0 Å². The highest BCUT2D eigenvalue weighted by molar-refractivity contribution is 5.87. The van der Waals surface area contributed by atoms with E-state index in [0.717, 1.165) is 0 Å². The van der Waals surface area contributed by atoms with Gasteiger partial charge in [0.05, 0.1) is 5.92 Å². The molecule has 0 amide bonds. The fourth-order valence-corrected chi connectivity index (χ4v) is 0.757. The summed E-state index contributed by atoms with van der Waals surface area (Å²) in [6.07, 6.45) is 4.20. The van der Waals surface area contributed by atoms with E-state index in [4.69, 9.17) is 10.2 Å². The molecule has 0 rings (SSSR count). The minimum Gasteiger partial charge on any atom is -0.481 e. The van der Waals surface area contributed by atoms with Gasteiger partial charge in [-0.2, -0.15) is 0 Å². The zero-order valence-corrected chi connectivity index (χ0v) is 7.52. The molecular weight excluding hydrogens is 172 g/mol. The van der Waals surface area contributed by atoms with Crippen molar-refractivity contribution < 1.29 is 19.8 Å². The second-order valence-corrected chi connectivity index (χ2v) is 2.54. The molecule has 0 aliphatic rings. The molecule has 0 spiro atoms. The molecule has 4 nitrogen and oxygen atoms in total. The Labute approximate surface area is 76.2 Å². The molecule has 0 aromatic heterocycles. The second-order valence-electron chi connectivity index (χ2n) is 2.54. The molecule has 0 aliphatic carbocycles. The maximum absolute atomic E-state index is 10.6. The number of carboxylic acids is 2. The molecule has 72 valence electrons. The zero-order valence-electron chi connectivity index (χ0n) is 7.52. The number of hydrogen-bond acceptors (Lipinski definition) is 2. The standard InChI is InChI=1S/C9H12O4/c1-3-4-7(9(12)13)5-6(2)8(10)11/h3-5,7H,1-2H3,(H,10,11)(H,12,13)/b4-3+,6-5?. The van der Waals surface area contributed by atoms with Gasteiger partial charge in [0.15, 0.2) is 0 Å². The molecular formula is C9H12O4. The first-order valence-corrected chi connectivity index (χ1v) is 3.76. The van der Waals surface area contributed by atoms with Crippen molar-refractivity contribution in [2.45, 2.75) is 13.8 Å². The highest BCUT2D eigenvalue weighted by Gasteiger charge is 2.12. The van der Waals surface area contributed by atoms with E-state index in [9.17, 15) is 9.59 Å². The van der Waals surface area contributed by atoms with Crippen molar-refractivity contribution in [3.8, 4) is 0 Å². The molecule has 0 bridgehead atoms. The molecule has 1 atom stereocenters. The first-order valence-electron chi connectivity index (χ1n) is 3.76. The molecule has 0 fully saturated rings. The topological polar surface area (TPSA) is 74.6 Å². The van der Waals surface area contributed by atoms with Crippen LogP contribution in [0.4, 0.5) is 0 Å². The number of allylic oxidation sites excluding steroid dienone is 1. The SMILES string of the molecule is C/C=C/C(C=C(C)C(=O)O)C(=O)O. The average Bonchev–Trinajstić information content (AvgIpc) is 2.03. The Morgan fingerprint density at radius 1 is 1.31 bits per heavy atom. The Hall–Kier alpha value is -1.58. The van der Waals surface area contributed by atoms with Crippen molar-refractivity contribution in [2.75, 3.05) is 0 Å². The van der Waals surface area contributed by atoms with Gasteiger partial charge in [-0.15, -0.1) is 0 Å². The van der Waals surface area contributed by atoms with Crippen LogP contribution in [0.5, 0.6) is 0 Å². The van der Waals surface area contributed by atoms with E-state index in [1.807, 2.05) is 0 Å². The second kappa shape index (κ2) is 5.13. The third-order valence-electron chi connectivity index (χ3n) is 1.45. The summed E-state index contributed by atoms with van der Waals surface area (Å²) in [5, 5.41) is 17.1. The molecule has 0 aromatic rings. The largest absolute Gasteiger partial charge is 0.481 e. The molecule has 2 N–H and O–H groups in total. The summed E-state index contributed by atoms with van der Waals surface area (Å²) in [5.74, 6) is -3.02. The normalized spacial score (nSPS) is 14.5. The predicted molar refractivity (Wildman–Crippen MR) is 47.3 cm³/mol. The molecule has 13 heavy (non-hydrogen) atoms. The fraction of sp³-hybridized carbons (Fsp3) is 0.333. The lowest BCUT2D eigenvalue weighted by Crippen LogP contribution is -2.10. The summed E-state index contributed by atoms with van der Waals surface area (Å²) >= 11 is 0. The lowest BCUT2D eigenvalue weighted by molar-refractivity contribution is -0.138. The summed E-state index contributed by atoms with van der Waals surface area (Å²) in [4.78, 5) is 20.9. The highest BCUT2D eigenvalue weighted by Crippen LogP contribution is 2.06. The van der Waals surface area contributed by atoms with Gasteiger partial charge in [0.2, 0.25) is 0 Å². The quantitative estimate of drug-likeness (QED) is 0.510. The van der Waals surface area contributed by atoms with Crippen molar-refractivity contribution in [3.63, 3.8) is 0 Å². The Kier molecular flexibility index (Phi) is 4.51. The Morgan fingerprint density at radius 2 is 1.85 bits per heavy atom. The average molecular weight is 184 g/mol. The monoisotopic (exact) mass is 184 g/mol. The van der Waals surface area contributed by atoms with Gasteiger partial charge in [0.25, 0.3) is 0 Å². The van der Waals surface area contributed by atoms with Crippen LogP contribution in [0.1, 0.15) is 13.8 Å². The first kappa shape index (κ1) is 11.4. The van der Waals surface area contributed by atoms with Gasteiger partial charge in [0, 0.05) is 5.57 Å². The minimum absolute atomic E-state index is 0.0329. The van der Waals surface area contributed by atoms with Crippen LogP contribution in [-0.2, 0) is 9.59 Å². The molecule has 0 heterocycles. The lowest BCUT2D eigenvalue weighted by atomic mass is 10.1. The number of rotatable bonds is 4. The van der Waals surface area contributed by atoms with Gasteiger partial charge in [-0.1, -0.05) is 18.2 Å². The summed E-state index contributed by atoms with van der Waals surface area (Å²) in [6.45, 7) is 3.04. The summed E-state index contributed by atoms with van der Waals surface area (Å²) in [6, 6.07) is 0. The maximum Gasteiger partial charge on any atom is 0.330 e. The fourth-order valence-electron chi connectivity index (χ4n) is 0.757. The van der Waals surface area contributed by atoms with E-state index < -0.39 is 17.9 Å². The van der Waals surface area contributed by atoms with Crippen LogP contribution in [0.25, 0.3) is 0 Å². The smallest absolute Gasteiger partial charge is 0.330 e. The Morgan fingerprint density at radius 3 is 2.15 bits per heavy atom. The van der Waals surface area contributed by atoms with E-state index >= 15 is 0 Å². The molecule has 0 radical (unpaired) electrons. The predicted octanol–water partition coefficient (Wildman–Crippen LogP) is 1.29. The number of hydrogen-bond donors (Lipinski definition) is 2.